The number of aliphatic hydroxyl groups excluding tert-OH is 1. The van der Waals surface area contributed by atoms with E-state index in [2.05, 4.69) is 16.0 Å². The molecule has 33 heavy (non-hydrogen) atoms. The van der Waals surface area contributed by atoms with Crippen LogP contribution in [0.1, 0.15) is 32.1 Å². The second-order valence-electron chi connectivity index (χ2n) is 7.03. The van der Waals surface area contributed by atoms with E-state index < -0.39 is 72.8 Å². The van der Waals surface area contributed by atoms with E-state index in [1.54, 1.807) is 6.26 Å². The van der Waals surface area contributed by atoms with Crippen LogP contribution >= 0.6 is 11.8 Å². The number of thioether (sulfide) groups is 1. The fourth-order valence-electron chi connectivity index (χ4n) is 2.49. The predicted octanol–water partition coefficient (Wildman–Crippen LogP) is -3.27. The quantitative estimate of drug-likeness (QED) is 0.0997. The lowest BCUT2D eigenvalue weighted by Crippen LogP contribution is -2.57. The smallest absolute Gasteiger partial charge is 0.326 e. The molecule has 0 spiro atoms. The van der Waals surface area contributed by atoms with Gasteiger partial charge in [-0.3, -0.25) is 24.0 Å². The highest BCUT2D eigenvalue weighted by atomic mass is 32.2. The molecule has 10 N–H and O–H groups in total. The Bertz CT molecular complexity index is 721. The second-order valence-corrected chi connectivity index (χ2v) is 8.02. The van der Waals surface area contributed by atoms with Crippen LogP contribution < -0.4 is 27.4 Å². The molecule has 14 nitrogen and oxygen atoms in total. The lowest BCUT2D eigenvalue weighted by molar-refractivity contribution is -0.143. The molecule has 0 saturated heterocycles. The van der Waals surface area contributed by atoms with E-state index in [-0.39, 0.29) is 25.7 Å². The van der Waals surface area contributed by atoms with E-state index in [4.69, 9.17) is 21.7 Å². The van der Waals surface area contributed by atoms with Gasteiger partial charge in [-0.2, -0.15) is 11.8 Å². The summed E-state index contributed by atoms with van der Waals surface area (Å²) in [5, 5.41) is 34.0. The zero-order chi connectivity index (χ0) is 25.6. The van der Waals surface area contributed by atoms with Gasteiger partial charge in [-0.05, 0) is 31.3 Å². The molecule has 0 aromatic heterocycles. The fraction of sp³-hybridized carbons (Fsp3) is 0.667. The predicted molar refractivity (Wildman–Crippen MR) is 117 cm³/mol. The van der Waals surface area contributed by atoms with E-state index in [1.807, 2.05) is 0 Å². The Balaban J connectivity index is 5.54. The van der Waals surface area contributed by atoms with Gasteiger partial charge >= 0.3 is 11.9 Å². The van der Waals surface area contributed by atoms with Crippen LogP contribution in [-0.4, -0.2) is 93.7 Å². The third kappa shape index (κ3) is 12.6. The topological polar surface area (TPSA) is 251 Å². The zero-order valence-electron chi connectivity index (χ0n) is 18.1. The normalized spacial score (nSPS) is 14.3. The summed E-state index contributed by atoms with van der Waals surface area (Å²) in [4.78, 5) is 70.8. The number of nitrogens with one attached hydrogen (secondary N) is 3. The molecule has 0 fully saturated rings. The molecule has 15 heteroatoms. The zero-order valence-corrected chi connectivity index (χ0v) is 18.9. The van der Waals surface area contributed by atoms with Crippen LogP contribution in [0.3, 0.4) is 0 Å². The van der Waals surface area contributed by atoms with Gasteiger partial charge in [0.15, 0.2) is 0 Å². The number of carboxylic acids is 2. The Hall–Kier alpha value is -2.91. The number of hydrogen-bond donors (Lipinski definition) is 8. The van der Waals surface area contributed by atoms with E-state index in [1.165, 1.54) is 11.8 Å². The van der Waals surface area contributed by atoms with Gasteiger partial charge in [-0.15, -0.1) is 0 Å². The highest BCUT2D eigenvalue weighted by Crippen LogP contribution is 2.06. The summed E-state index contributed by atoms with van der Waals surface area (Å²) in [7, 11) is 0. The van der Waals surface area contributed by atoms with Crippen molar-refractivity contribution in [2.24, 2.45) is 11.5 Å². The van der Waals surface area contributed by atoms with Gasteiger partial charge in [0.2, 0.25) is 23.6 Å². The van der Waals surface area contributed by atoms with E-state index in [0.29, 0.717) is 5.75 Å². The molecule has 0 aromatic carbocycles. The van der Waals surface area contributed by atoms with E-state index in [0.717, 1.165) is 0 Å². The Morgan fingerprint density at radius 3 is 1.73 bits per heavy atom. The Labute approximate surface area is 194 Å². The van der Waals surface area contributed by atoms with Crippen molar-refractivity contribution < 1.29 is 44.1 Å². The summed E-state index contributed by atoms with van der Waals surface area (Å²) in [6.07, 6.45) is 0.388. The van der Waals surface area contributed by atoms with Gasteiger partial charge in [0.25, 0.3) is 0 Å². The average molecular weight is 494 g/mol. The molecule has 4 unspecified atom stereocenters. The van der Waals surface area contributed by atoms with Crippen LogP contribution in [0.4, 0.5) is 0 Å². The maximum atomic E-state index is 12.7. The van der Waals surface area contributed by atoms with Crippen LogP contribution in [-0.2, 0) is 28.8 Å². The number of hydrogen-bond acceptors (Lipinski definition) is 9. The summed E-state index contributed by atoms with van der Waals surface area (Å²) in [6, 6.07) is -5.44. The van der Waals surface area contributed by atoms with Crippen molar-refractivity contribution >= 4 is 47.3 Å². The maximum Gasteiger partial charge on any atom is 0.326 e. The molecule has 188 valence electrons. The van der Waals surface area contributed by atoms with Crippen molar-refractivity contribution in [3.63, 3.8) is 0 Å². The van der Waals surface area contributed by atoms with Crippen LogP contribution in [0.25, 0.3) is 0 Å². The molecule has 0 rings (SSSR count). The number of carboxylic acid groups (broad SMARTS) is 2. The fourth-order valence-corrected chi connectivity index (χ4v) is 2.96. The minimum Gasteiger partial charge on any atom is -0.481 e. The molecule has 0 heterocycles. The SMILES string of the molecule is CSCCC(NC(=O)C(CCC(=O)O)NC(=O)C(CCC(N)=O)NC(=O)C(N)CO)C(=O)O. The first kappa shape index (κ1) is 30.1. The summed E-state index contributed by atoms with van der Waals surface area (Å²) >= 11 is 1.36. The number of nitrogens with two attached hydrogens (primary N) is 2. The number of aliphatic carboxylic acids is 2. The van der Waals surface area contributed by atoms with Gasteiger partial charge in [0.05, 0.1) is 6.61 Å². The molecule has 0 aliphatic carbocycles. The monoisotopic (exact) mass is 493 g/mol. The number of primary amides is 1. The van der Waals surface area contributed by atoms with Crippen LogP contribution in [0.2, 0.25) is 0 Å². The average Bonchev–Trinajstić information content (AvgIpc) is 2.74. The van der Waals surface area contributed by atoms with Crippen molar-refractivity contribution in [1.82, 2.24) is 16.0 Å². The first-order chi connectivity index (χ1) is 15.4. The summed E-state index contributed by atoms with van der Waals surface area (Å²) in [6.45, 7) is -0.716. The number of carbonyl (C=O) groups excluding carboxylic acids is 4. The van der Waals surface area contributed by atoms with Gasteiger partial charge in [-0.25, -0.2) is 4.79 Å². The van der Waals surface area contributed by atoms with Crippen LogP contribution in [0, 0.1) is 0 Å². The minimum absolute atomic E-state index is 0.0954. The molecule has 0 radical (unpaired) electrons. The molecule has 0 aromatic rings. The molecule has 0 aliphatic heterocycles. The molecule has 4 amide bonds. The Kier molecular flexibility index (Phi) is 14.4. The first-order valence-corrected chi connectivity index (χ1v) is 11.3. The van der Waals surface area contributed by atoms with E-state index >= 15 is 0 Å². The van der Waals surface area contributed by atoms with Crippen LogP contribution in [0.15, 0.2) is 0 Å². The summed E-state index contributed by atoms with van der Waals surface area (Å²) < 4.78 is 0. The molecule has 0 saturated carbocycles. The second kappa shape index (κ2) is 15.8. The van der Waals surface area contributed by atoms with Gasteiger partial charge in [0, 0.05) is 12.8 Å². The van der Waals surface area contributed by atoms with Gasteiger partial charge in [0.1, 0.15) is 24.2 Å². The van der Waals surface area contributed by atoms with Crippen molar-refractivity contribution in [3.05, 3.63) is 0 Å². The first-order valence-electron chi connectivity index (χ1n) is 9.92. The molecule has 0 bridgehead atoms. The molecule has 0 aliphatic rings. The van der Waals surface area contributed by atoms with Crippen molar-refractivity contribution in [2.45, 2.75) is 56.3 Å². The van der Waals surface area contributed by atoms with Crippen molar-refractivity contribution in [1.29, 1.82) is 0 Å². The maximum absolute atomic E-state index is 12.7. The van der Waals surface area contributed by atoms with Gasteiger partial charge in [-0.1, -0.05) is 0 Å². The Morgan fingerprint density at radius 2 is 1.30 bits per heavy atom. The number of aliphatic hydroxyl groups is 1. The minimum atomic E-state index is -1.44. The number of rotatable bonds is 17. The lowest BCUT2D eigenvalue weighted by atomic mass is 10.1. The highest BCUT2D eigenvalue weighted by Gasteiger charge is 2.30. The number of amides is 4. The number of carbonyl (C=O) groups is 6. The summed E-state index contributed by atoms with van der Waals surface area (Å²) in [5.74, 6) is -5.68. The Morgan fingerprint density at radius 1 is 0.818 bits per heavy atom. The third-order valence-corrected chi connectivity index (χ3v) is 4.99. The van der Waals surface area contributed by atoms with Crippen LogP contribution in [0.5, 0.6) is 0 Å². The molecular weight excluding hydrogens is 462 g/mol. The highest BCUT2D eigenvalue weighted by molar-refractivity contribution is 7.98. The van der Waals surface area contributed by atoms with Crippen molar-refractivity contribution in [3.8, 4) is 0 Å². The standard InChI is InChI=1S/C18H31N5O9S/c1-33-7-6-12(18(31)32)23-17(30)11(3-5-14(26)27)22-16(29)10(2-4-13(20)25)21-15(28)9(19)8-24/h9-12,24H,2-8,19H2,1H3,(H2,20,25)(H,21,28)(H,22,29)(H,23,30)(H,26,27)(H,31,32). The largest absolute Gasteiger partial charge is 0.481 e. The molecular formula is C18H31N5O9S. The van der Waals surface area contributed by atoms with Crippen molar-refractivity contribution in [2.75, 3.05) is 18.6 Å². The summed E-state index contributed by atoms with van der Waals surface area (Å²) in [5.41, 5.74) is 10.5. The lowest BCUT2D eigenvalue weighted by Gasteiger charge is -2.24. The van der Waals surface area contributed by atoms with E-state index in [9.17, 15) is 33.9 Å². The van der Waals surface area contributed by atoms with Gasteiger partial charge < -0.3 is 42.7 Å². The molecule has 4 atom stereocenters. The third-order valence-electron chi connectivity index (χ3n) is 4.35.